The molecule has 0 aliphatic carbocycles. The van der Waals surface area contributed by atoms with Crippen LogP contribution in [0.5, 0.6) is 11.5 Å². The van der Waals surface area contributed by atoms with Crippen LogP contribution in [-0.2, 0) is 6.54 Å². The third kappa shape index (κ3) is 6.74. The molecule has 2 aromatic rings. The van der Waals surface area contributed by atoms with Crippen LogP contribution in [0.2, 0.25) is 0 Å². The van der Waals surface area contributed by atoms with Crippen molar-refractivity contribution in [2.24, 2.45) is 4.99 Å². The summed E-state index contributed by atoms with van der Waals surface area (Å²) in [6.45, 7) is 3.40. The lowest BCUT2D eigenvalue weighted by molar-refractivity contribution is 0.355. The normalized spacial score (nSPS) is 10.6. The maximum Gasteiger partial charge on any atom is 0.196 e. The molecule has 0 saturated heterocycles. The topological polar surface area (TPSA) is 54.9 Å². The van der Waals surface area contributed by atoms with E-state index in [9.17, 15) is 0 Å². The summed E-state index contributed by atoms with van der Waals surface area (Å²) in [5, 5.41) is 6.52. The Morgan fingerprint density at radius 1 is 1.04 bits per heavy atom. The van der Waals surface area contributed by atoms with Gasteiger partial charge in [-0.2, -0.15) is 0 Å². The zero-order valence-corrected chi connectivity index (χ0v) is 18.4. The monoisotopic (exact) mass is 519 g/mol. The molecule has 2 aromatic carbocycles. The van der Waals surface area contributed by atoms with Crippen LogP contribution in [0.25, 0.3) is 0 Å². The number of anilines is 1. The highest BCUT2D eigenvalue weighted by molar-refractivity contribution is 14.0. The Morgan fingerprint density at radius 2 is 1.72 bits per heavy atom. The van der Waals surface area contributed by atoms with Gasteiger partial charge in [0.1, 0.15) is 0 Å². The fourth-order valence-corrected chi connectivity index (χ4v) is 2.38. The third-order valence-corrected chi connectivity index (χ3v) is 3.85. The molecule has 2 rings (SSSR count). The van der Waals surface area contributed by atoms with Crippen molar-refractivity contribution in [3.63, 3.8) is 0 Å². The van der Waals surface area contributed by atoms with Crippen molar-refractivity contribution >= 4 is 51.6 Å². The Morgan fingerprint density at radius 3 is 2.32 bits per heavy atom. The molecule has 0 aliphatic heterocycles. The molecular formula is C18H23BrIN3O2. The van der Waals surface area contributed by atoms with E-state index in [-0.39, 0.29) is 24.0 Å². The minimum atomic E-state index is 0. The van der Waals surface area contributed by atoms with Crippen LogP contribution in [-0.4, -0.2) is 26.7 Å². The average Bonchev–Trinajstić information content (AvgIpc) is 2.61. The van der Waals surface area contributed by atoms with Gasteiger partial charge in [-0.3, -0.25) is 0 Å². The largest absolute Gasteiger partial charge is 0.493 e. The summed E-state index contributed by atoms with van der Waals surface area (Å²) in [5.41, 5.74) is 2.02. The molecule has 0 bridgehead atoms. The van der Waals surface area contributed by atoms with Gasteiger partial charge in [-0.25, -0.2) is 4.99 Å². The highest BCUT2D eigenvalue weighted by atomic mass is 127. The van der Waals surface area contributed by atoms with E-state index in [2.05, 4.69) is 31.6 Å². The predicted molar refractivity (Wildman–Crippen MR) is 118 cm³/mol. The van der Waals surface area contributed by atoms with Gasteiger partial charge in [0.15, 0.2) is 17.5 Å². The van der Waals surface area contributed by atoms with Gasteiger partial charge in [-0.05, 0) is 36.8 Å². The summed E-state index contributed by atoms with van der Waals surface area (Å²) < 4.78 is 11.6. The fraction of sp³-hybridized carbons (Fsp3) is 0.278. The molecule has 0 spiro atoms. The van der Waals surface area contributed by atoms with Crippen LogP contribution in [0.15, 0.2) is 51.9 Å². The van der Waals surface area contributed by atoms with Crippen molar-refractivity contribution < 1.29 is 9.47 Å². The first kappa shape index (κ1) is 21.6. The van der Waals surface area contributed by atoms with E-state index in [4.69, 9.17) is 9.47 Å². The molecule has 0 radical (unpaired) electrons. The molecule has 0 fully saturated rings. The molecule has 0 heterocycles. The van der Waals surface area contributed by atoms with E-state index in [0.717, 1.165) is 22.3 Å². The second kappa shape index (κ2) is 11.2. The second-order valence-electron chi connectivity index (χ2n) is 5.02. The van der Waals surface area contributed by atoms with E-state index in [0.29, 0.717) is 24.0 Å². The van der Waals surface area contributed by atoms with E-state index in [1.54, 1.807) is 14.2 Å². The lowest BCUT2D eigenvalue weighted by Crippen LogP contribution is -2.30. The van der Waals surface area contributed by atoms with Crippen molar-refractivity contribution in [3.8, 4) is 11.5 Å². The Bertz CT molecular complexity index is 693. The summed E-state index contributed by atoms with van der Waals surface area (Å²) in [6.07, 6.45) is 0. The number of nitrogens with zero attached hydrogens (tertiary/aromatic N) is 1. The number of methoxy groups -OCH3 is 2. The fourth-order valence-electron chi connectivity index (χ4n) is 2.12. The molecule has 0 unspecified atom stereocenters. The van der Waals surface area contributed by atoms with Crippen molar-refractivity contribution in [1.29, 1.82) is 0 Å². The lowest BCUT2D eigenvalue weighted by atomic mass is 10.2. The molecule has 0 aromatic heterocycles. The quantitative estimate of drug-likeness (QED) is 0.331. The first-order chi connectivity index (χ1) is 11.7. The number of guanidine groups is 1. The maximum absolute atomic E-state index is 5.33. The lowest BCUT2D eigenvalue weighted by Gasteiger charge is -2.14. The van der Waals surface area contributed by atoms with Gasteiger partial charge in [0.05, 0.1) is 20.8 Å². The summed E-state index contributed by atoms with van der Waals surface area (Å²) in [5.74, 6) is 2.08. The van der Waals surface area contributed by atoms with Gasteiger partial charge in [-0.15, -0.1) is 24.0 Å². The van der Waals surface area contributed by atoms with Crippen LogP contribution >= 0.6 is 39.9 Å². The number of ether oxygens (including phenoxy) is 2. The Labute approximate surface area is 174 Å². The molecule has 0 atom stereocenters. The van der Waals surface area contributed by atoms with Gasteiger partial charge in [-0.1, -0.05) is 28.1 Å². The van der Waals surface area contributed by atoms with Crippen LogP contribution in [0.3, 0.4) is 0 Å². The molecule has 0 aliphatic rings. The summed E-state index contributed by atoms with van der Waals surface area (Å²) in [4.78, 5) is 4.61. The number of hydrogen-bond acceptors (Lipinski definition) is 3. The number of hydrogen-bond donors (Lipinski definition) is 2. The zero-order valence-electron chi connectivity index (χ0n) is 14.5. The van der Waals surface area contributed by atoms with E-state index in [1.807, 2.05) is 49.4 Å². The summed E-state index contributed by atoms with van der Waals surface area (Å²) in [6, 6.07) is 13.8. The molecule has 2 N–H and O–H groups in total. The first-order valence-corrected chi connectivity index (χ1v) is 8.47. The second-order valence-corrected chi connectivity index (χ2v) is 5.93. The average molecular weight is 520 g/mol. The predicted octanol–water partition coefficient (Wildman–Crippen LogP) is 4.66. The van der Waals surface area contributed by atoms with E-state index in [1.165, 1.54) is 0 Å². The number of aliphatic imine (C=N–C) groups is 1. The van der Waals surface area contributed by atoms with Gasteiger partial charge in [0, 0.05) is 22.8 Å². The minimum Gasteiger partial charge on any atom is -0.493 e. The van der Waals surface area contributed by atoms with Crippen molar-refractivity contribution in [2.45, 2.75) is 13.5 Å². The summed E-state index contributed by atoms with van der Waals surface area (Å²) >= 11 is 3.44. The SMILES string of the molecule is CCNC(=NCc1ccc(Br)cc1)Nc1ccc(OC)c(OC)c1.I. The standard InChI is InChI=1S/C18H22BrN3O2.HI/c1-4-20-18(21-12-13-5-7-14(19)8-6-13)22-15-9-10-16(23-2)17(11-15)24-3;/h5-11H,4,12H2,1-3H3,(H2,20,21,22);1H. The molecule has 0 amide bonds. The molecule has 136 valence electrons. The van der Waals surface area contributed by atoms with Crippen molar-refractivity contribution in [2.75, 3.05) is 26.1 Å². The van der Waals surface area contributed by atoms with E-state index >= 15 is 0 Å². The Kier molecular flexibility index (Phi) is 9.66. The van der Waals surface area contributed by atoms with Crippen LogP contribution < -0.4 is 20.1 Å². The number of benzene rings is 2. The first-order valence-electron chi connectivity index (χ1n) is 7.68. The van der Waals surface area contributed by atoms with E-state index < -0.39 is 0 Å². The number of nitrogens with one attached hydrogen (secondary N) is 2. The van der Waals surface area contributed by atoms with Gasteiger partial charge < -0.3 is 20.1 Å². The molecule has 7 heteroatoms. The van der Waals surface area contributed by atoms with Gasteiger partial charge in [0.25, 0.3) is 0 Å². The third-order valence-electron chi connectivity index (χ3n) is 3.32. The molecule has 5 nitrogen and oxygen atoms in total. The van der Waals surface area contributed by atoms with Crippen LogP contribution in [0, 0.1) is 0 Å². The molecule has 0 saturated carbocycles. The smallest absolute Gasteiger partial charge is 0.196 e. The van der Waals surface area contributed by atoms with Crippen molar-refractivity contribution in [1.82, 2.24) is 5.32 Å². The van der Waals surface area contributed by atoms with Crippen LogP contribution in [0.1, 0.15) is 12.5 Å². The number of rotatable bonds is 6. The number of halogens is 2. The Hall–Kier alpha value is -1.48. The zero-order chi connectivity index (χ0) is 17.4. The molecular weight excluding hydrogens is 497 g/mol. The highest BCUT2D eigenvalue weighted by Crippen LogP contribution is 2.29. The minimum absolute atomic E-state index is 0. The highest BCUT2D eigenvalue weighted by Gasteiger charge is 2.06. The summed E-state index contributed by atoms with van der Waals surface area (Å²) in [7, 11) is 3.24. The van der Waals surface area contributed by atoms with Crippen molar-refractivity contribution in [3.05, 3.63) is 52.5 Å². The molecule has 25 heavy (non-hydrogen) atoms. The Balaban J connectivity index is 0.00000312. The van der Waals surface area contributed by atoms with Gasteiger partial charge in [0.2, 0.25) is 0 Å². The van der Waals surface area contributed by atoms with Crippen LogP contribution in [0.4, 0.5) is 5.69 Å². The maximum atomic E-state index is 5.33. The van der Waals surface area contributed by atoms with Gasteiger partial charge >= 0.3 is 0 Å².